The minimum atomic E-state index is -3.88. The number of carbonyl (C=O) groups excluding carboxylic acids is 2. The number of thiophene rings is 1. The van der Waals surface area contributed by atoms with Crippen molar-refractivity contribution in [3.8, 4) is 0 Å². The lowest BCUT2D eigenvalue weighted by Crippen LogP contribution is -2.29. The lowest BCUT2D eigenvalue weighted by molar-refractivity contribution is 0.0874. The summed E-state index contributed by atoms with van der Waals surface area (Å²) in [6.07, 6.45) is 0.682. The molecule has 0 bridgehead atoms. The number of benzene rings is 2. The second kappa shape index (κ2) is 7.03. The second-order valence-corrected chi connectivity index (χ2v) is 9.19. The van der Waals surface area contributed by atoms with E-state index in [1.54, 1.807) is 18.3 Å². The zero-order chi connectivity index (χ0) is 19.9. The Labute approximate surface area is 166 Å². The maximum Gasteiger partial charge on any atom is 0.268 e. The Morgan fingerprint density at radius 3 is 2.75 bits per heavy atom. The van der Waals surface area contributed by atoms with Crippen LogP contribution in [0.15, 0.2) is 52.7 Å². The van der Waals surface area contributed by atoms with Crippen LogP contribution in [0.4, 0.5) is 0 Å². The summed E-state index contributed by atoms with van der Waals surface area (Å²) >= 11 is 1.67. The molecule has 2 heterocycles. The molecule has 144 valence electrons. The molecule has 0 saturated heterocycles. The van der Waals surface area contributed by atoms with Gasteiger partial charge in [-0.15, -0.1) is 11.3 Å². The maximum absolute atomic E-state index is 12.5. The number of amides is 2. The van der Waals surface area contributed by atoms with Gasteiger partial charge in [-0.1, -0.05) is 18.2 Å². The molecular weight excluding hydrogens is 396 g/mol. The third-order valence-electron chi connectivity index (χ3n) is 4.80. The lowest BCUT2D eigenvalue weighted by atomic mass is 10.1. The van der Waals surface area contributed by atoms with Crippen molar-refractivity contribution in [2.75, 3.05) is 13.1 Å². The van der Waals surface area contributed by atoms with Gasteiger partial charge in [0.25, 0.3) is 21.8 Å². The van der Waals surface area contributed by atoms with E-state index >= 15 is 0 Å². The van der Waals surface area contributed by atoms with Gasteiger partial charge in [0, 0.05) is 23.4 Å². The summed E-state index contributed by atoms with van der Waals surface area (Å²) in [6.45, 7) is 2.10. The van der Waals surface area contributed by atoms with Crippen LogP contribution in [-0.2, 0) is 16.4 Å². The highest BCUT2D eigenvalue weighted by Gasteiger charge is 2.40. The largest absolute Gasteiger partial charge is 0.352 e. The van der Waals surface area contributed by atoms with Crippen molar-refractivity contribution in [1.29, 1.82) is 0 Å². The number of nitrogens with zero attached hydrogens (tertiary/aromatic N) is 1. The average molecular weight is 415 g/mol. The van der Waals surface area contributed by atoms with Gasteiger partial charge in [0.2, 0.25) is 0 Å². The molecule has 0 fully saturated rings. The predicted octanol–water partition coefficient (Wildman–Crippen LogP) is 3.04. The molecule has 0 radical (unpaired) electrons. The molecule has 0 aliphatic carbocycles. The van der Waals surface area contributed by atoms with E-state index in [9.17, 15) is 18.0 Å². The van der Waals surface area contributed by atoms with Crippen LogP contribution in [0.2, 0.25) is 0 Å². The zero-order valence-corrected chi connectivity index (χ0v) is 16.8. The number of sulfonamides is 1. The molecule has 0 saturated carbocycles. The van der Waals surface area contributed by atoms with Crippen molar-refractivity contribution in [2.24, 2.45) is 0 Å². The molecule has 3 aromatic rings. The number of carbonyl (C=O) groups is 2. The van der Waals surface area contributed by atoms with Crippen molar-refractivity contribution in [2.45, 2.75) is 18.2 Å². The van der Waals surface area contributed by atoms with Crippen LogP contribution in [0.1, 0.15) is 33.2 Å². The molecular formula is C20H18N2O4S2. The van der Waals surface area contributed by atoms with Gasteiger partial charge >= 0.3 is 0 Å². The molecule has 0 unspecified atom stereocenters. The van der Waals surface area contributed by atoms with Crippen molar-refractivity contribution in [3.63, 3.8) is 0 Å². The van der Waals surface area contributed by atoms with E-state index in [2.05, 4.69) is 22.8 Å². The Kier molecular flexibility index (Phi) is 4.68. The summed E-state index contributed by atoms with van der Waals surface area (Å²) < 4.78 is 27.0. The third kappa shape index (κ3) is 2.98. The fourth-order valence-electron chi connectivity index (χ4n) is 3.37. The monoisotopic (exact) mass is 414 g/mol. The summed E-state index contributed by atoms with van der Waals surface area (Å²) in [5.74, 6) is -0.909. The van der Waals surface area contributed by atoms with Gasteiger partial charge in [-0.25, -0.2) is 12.7 Å². The zero-order valence-electron chi connectivity index (χ0n) is 15.1. The number of hydrogen-bond acceptors (Lipinski definition) is 5. The average Bonchev–Trinajstić information content (AvgIpc) is 3.18. The van der Waals surface area contributed by atoms with Crippen LogP contribution >= 0.6 is 11.3 Å². The molecule has 1 aliphatic rings. The fraction of sp³-hybridized carbons (Fsp3) is 0.200. The second-order valence-electron chi connectivity index (χ2n) is 6.45. The summed E-state index contributed by atoms with van der Waals surface area (Å²) in [6, 6.07) is 12.3. The van der Waals surface area contributed by atoms with Gasteiger partial charge in [0.05, 0.1) is 5.56 Å². The minimum absolute atomic E-state index is 0.0615. The first-order chi connectivity index (χ1) is 13.4. The van der Waals surface area contributed by atoms with E-state index in [1.807, 2.05) is 12.1 Å². The van der Waals surface area contributed by atoms with Crippen LogP contribution in [0.3, 0.4) is 0 Å². The van der Waals surface area contributed by atoms with Gasteiger partial charge < -0.3 is 5.32 Å². The first-order valence-corrected chi connectivity index (χ1v) is 11.2. The van der Waals surface area contributed by atoms with Crippen LogP contribution in [0, 0.1) is 0 Å². The van der Waals surface area contributed by atoms with Crippen molar-refractivity contribution >= 4 is 43.3 Å². The first kappa shape index (κ1) is 18.6. The Hall–Kier alpha value is -2.71. The predicted molar refractivity (Wildman–Crippen MR) is 108 cm³/mol. The highest BCUT2D eigenvalue weighted by molar-refractivity contribution is 7.90. The molecule has 2 amide bonds. The number of fused-ring (bicyclic) bond motifs is 2. The van der Waals surface area contributed by atoms with Gasteiger partial charge in [-0.3, -0.25) is 9.59 Å². The lowest BCUT2D eigenvalue weighted by Gasteiger charge is -2.11. The number of nitrogens with one attached hydrogen (secondary N) is 1. The summed E-state index contributed by atoms with van der Waals surface area (Å²) in [4.78, 5) is 24.6. The van der Waals surface area contributed by atoms with Crippen LogP contribution in [0.25, 0.3) is 10.1 Å². The molecule has 2 aromatic carbocycles. The third-order valence-corrected chi connectivity index (χ3v) is 7.71. The van der Waals surface area contributed by atoms with Crippen molar-refractivity contribution in [1.82, 2.24) is 9.62 Å². The number of rotatable bonds is 5. The molecule has 1 aromatic heterocycles. The number of hydrogen-bond donors (Lipinski definition) is 1. The summed E-state index contributed by atoms with van der Waals surface area (Å²) in [5.41, 5.74) is 1.51. The normalized spacial score (nSPS) is 15.0. The molecule has 0 spiro atoms. The minimum Gasteiger partial charge on any atom is -0.352 e. The maximum atomic E-state index is 12.5. The fourth-order valence-corrected chi connectivity index (χ4v) is 5.97. The van der Waals surface area contributed by atoms with E-state index < -0.39 is 15.9 Å². The first-order valence-electron chi connectivity index (χ1n) is 8.88. The molecule has 8 heteroatoms. The van der Waals surface area contributed by atoms with Gasteiger partial charge in [0.15, 0.2) is 0 Å². The Balaban J connectivity index is 1.49. The van der Waals surface area contributed by atoms with Gasteiger partial charge in [-0.2, -0.15) is 0 Å². The van der Waals surface area contributed by atoms with E-state index in [0.29, 0.717) is 13.0 Å². The molecule has 28 heavy (non-hydrogen) atoms. The molecule has 4 rings (SSSR count). The summed E-state index contributed by atoms with van der Waals surface area (Å²) in [5, 5.41) is 6.10. The molecule has 0 atom stereocenters. The SMILES string of the molecule is CCN1C(=O)c2ccc(C(=O)NCCc3csc4ccccc34)cc2S1(=O)=O. The quantitative estimate of drug-likeness (QED) is 0.696. The van der Waals surface area contributed by atoms with Crippen LogP contribution in [-0.4, -0.2) is 37.6 Å². The highest BCUT2D eigenvalue weighted by atomic mass is 32.2. The Morgan fingerprint density at radius 2 is 1.96 bits per heavy atom. The van der Waals surface area contributed by atoms with Gasteiger partial charge in [0.1, 0.15) is 4.90 Å². The smallest absolute Gasteiger partial charge is 0.268 e. The molecule has 1 aliphatic heterocycles. The van der Waals surface area contributed by atoms with E-state index in [1.165, 1.54) is 33.8 Å². The molecule has 1 N–H and O–H groups in total. The standard InChI is InChI=1S/C20H18N2O4S2/c1-2-22-20(24)16-8-7-13(11-18(16)28(22,25)26)19(23)21-10-9-14-12-27-17-6-4-3-5-15(14)17/h3-8,11-12H,2,9-10H2,1H3,(H,21,23). The van der Waals surface area contributed by atoms with Crippen LogP contribution < -0.4 is 5.32 Å². The summed E-state index contributed by atoms with van der Waals surface area (Å²) in [7, 11) is -3.88. The molecule has 6 nitrogen and oxygen atoms in total. The van der Waals surface area contributed by atoms with E-state index in [0.717, 1.165) is 4.31 Å². The van der Waals surface area contributed by atoms with Crippen LogP contribution in [0.5, 0.6) is 0 Å². The Morgan fingerprint density at radius 1 is 1.18 bits per heavy atom. The van der Waals surface area contributed by atoms with Gasteiger partial charge in [-0.05, 0) is 53.9 Å². The van der Waals surface area contributed by atoms with Crippen molar-refractivity contribution in [3.05, 3.63) is 64.5 Å². The highest BCUT2D eigenvalue weighted by Crippen LogP contribution is 2.31. The van der Waals surface area contributed by atoms with E-state index in [4.69, 9.17) is 0 Å². The Bertz CT molecular complexity index is 1200. The topological polar surface area (TPSA) is 83.6 Å². The van der Waals surface area contributed by atoms with E-state index in [-0.39, 0.29) is 28.5 Å². The van der Waals surface area contributed by atoms with Crippen molar-refractivity contribution < 1.29 is 18.0 Å².